The van der Waals surface area contributed by atoms with Gasteiger partial charge < -0.3 is 0 Å². The van der Waals surface area contributed by atoms with E-state index in [1.165, 1.54) is 0 Å². The van der Waals surface area contributed by atoms with Gasteiger partial charge >= 0.3 is 0 Å². The van der Waals surface area contributed by atoms with Crippen molar-refractivity contribution in [1.29, 1.82) is 0 Å². The predicted octanol–water partition coefficient (Wildman–Crippen LogP) is 4.99. The summed E-state index contributed by atoms with van der Waals surface area (Å²) in [5.74, 6) is 0. The molecule has 0 fully saturated rings. The maximum Gasteiger partial charge on any atom is -0.0470 e. The van der Waals surface area contributed by atoms with Gasteiger partial charge in [0.25, 0.3) is 0 Å². The average molecular weight is 170 g/mol. The van der Waals surface area contributed by atoms with Gasteiger partial charge in [-0.15, -0.1) is 13.2 Å². The van der Waals surface area contributed by atoms with Crippen molar-refractivity contribution >= 4 is 0 Å². The molecular formula is C12H26. The first-order valence-corrected chi connectivity index (χ1v) is 4.46. The summed E-state index contributed by atoms with van der Waals surface area (Å²) in [6.07, 6.45) is 7.50. The van der Waals surface area contributed by atoms with Crippen LogP contribution in [0.5, 0.6) is 0 Å². The van der Waals surface area contributed by atoms with Crippen LogP contribution in [0.4, 0.5) is 0 Å². The Morgan fingerprint density at radius 1 is 0.667 bits per heavy atom. The molecule has 0 atom stereocenters. The van der Waals surface area contributed by atoms with Crippen molar-refractivity contribution in [1.82, 2.24) is 0 Å². The molecule has 0 bridgehead atoms. The predicted molar refractivity (Wildman–Crippen MR) is 63.6 cm³/mol. The molecule has 0 heterocycles. The van der Waals surface area contributed by atoms with Crippen LogP contribution in [0.1, 0.15) is 41.5 Å². The maximum atomic E-state index is 3.36. The highest BCUT2D eigenvalue weighted by Crippen LogP contribution is 1.57. The molecule has 0 spiro atoms. The van der Waals surface area contributed by atoms with Crippen molar-refractivity contribution in [3.8, 4) is 0 Å². The molecular weight excluding hydrogens is 144 g/mol. The molecule has 0 nitrogen and oxygen atoms in total. The molecule has 0 heteroatoms. The first kappa shape index (κ1) is 22.5. The number of hydrogen-bond donors (Lipinski definition) is 0. The lowest BCUT2D eigenvalue weighted by Gasteiger charge is -1.49. The van der Waals surface area contributed by atoms with E-state index in [1.807, 2.05) is 53.7 Å². The molecule has 0 saturated heterocycles. The molecule has 0 saturated carbocycles. The highest BCUT2D eigenvalue weighted by atomic mass is 13.4. The fourth-order valence-corrected chi connectivity index (χ4v) is 0. The van der Waals surface area contributed by atoms with Gasteiger partial charge in [-0.2, -0.15) is 0 Å². The highest BCUT2D eigenvalue weighted by Gasteiger charge is 1.34. The van der Waals surface area contributed by atoms with E-state index in [1.54, 1.807) is 12.2 Å². The molecule has 0 aromatic heterocycles. The van der Waals surface area contributed by atoms with Crippen LogP contribution >= 0.6 is 0 Å². The Kier molecular flexibility index (Phi) is 157. The molecule has 0 aliphatic rings. The van der Waals surface area contributed by atoms with Crippen molar-refractivity contribution in [2.45, 2.75) is 41.5 Å². The smallest absolute Gasteiger partial charge is 0.0470 e. The fraction of sp³-hybridized carbons (Fsp3) is 0.500. The summed E-state index contributed by atoms with van der Waals surface area (Å²) >= 11 is 0. The third kappa shape index (κ3) is 12900. The summed E-state index contributed by atoms with van der Waals surface area (Å²) in [5, 5.41) is 0. The average Bonchev–Trinajstić information content (AvgIpc) is 2.10. The molecule has 0 radical (unpaired) electrons. The molecule has 0 N–H and O–H groups in total. The Labute approximate surface area is 79.7 Å². The first-order valence-electron chi connectivity index (χ1n) is 4.46. The Bertz CT molecular complexity index is 58.1. The second-order valence-electron chi connectivity index (χ2n) is 1.48. The zero-order valence-electron chi connectivity index (χ0n) is 9.72. The molecule has 0 unspecified atom stereocenters. The van der Waals surface area contributed by atoms with Gasteiger partial charge in [0.05, 0.1) is 0 Å². The summed E-state index contributed by atoms with van der Waals surface area (Å²) in [6.45, 7) is 18.5. The highest BCUT2D eigenvalue weighted by molar-refractivity contribution is 4.68. The largest absolute Gasteiger partial charge is 0.103 e. The molecule has 12 heavy (non-hydrogen) atoms. The second-order valence-corrected chi connectivity index (χ2v) is 1.48. The minimum atomic E-state index is 1.75. The molecule has 0 aliphatic heterocycles. The van der Waals surface area contributed by atoms with Crippen LogP contribution in [0.2, 0.25) is 0 Å². The zero-order chi connectivity index (χ0) is 10.8. The van der Waals surface area contributed by atoms with Gasteiger partial charge in [0.2, 0.25) is 0 Å². The van der Waals surface area contributed by atoms with Crippen LogP contribution in [0.15, 0.2) is 37.5 Å². The third-order valence-electron chi connectivity index (χ3n) is 0.333. The monoisotopic (exact) mass is 170 g/mol. The van der Waals surface area contributed by atoms with E-state index in [0.717, 1.165) is 0 Å². The van der Waals surface area contributed by atoms with E-state index in [-0.39, 0.29) is 0 Å². The van der Waals surface area contributed by atoms with Gasteiger partial charge in [-0.3, -0.25) is 0 Å². The molecule has 74 valence electrons. The molecule has 0 aromatic rings. The Balaban J connectivity index is -0.0000000368. The molecule has 0 aliphatic carbocycles. The quantitative estimate of drug-likeness (QED) is 0.449. The summed E-state index contributed by atoms with van der Waals surface area (Å²) < 4.78 is 0. The molecule has 0 rings (SSSR count). The van der Waals surface area contributed by atoms with Crippen molar-refractivity contribution < 1.29 is 0 Å². The van der Waals surface area contributed by atoms with Gasteiger partial charge in [0.1, 0.15) is 0 Å². The lowest BCUT2D eigenvalue weighted by Crippen LogP contribution is -1.26. The SMILES string of the molecule is C/C=C/C.C=CC.C=CC.CC. The lowest BCUT2D eigenvalue weighted by atomic mass is 10.6. The Hall–Kier alpha value is -0.780. The molecule has 0 aromatic carbocycles. The van der Waals surface area contributed by atoms with Crippen LogP contribution in [0, 0.1) is 0 Å². The van der Waals surface area contributed by atoms with E-state index in [0.29, 0.717) is 0 Å². The maximum absolute atomic E-state index is 3.36. The van der Waals surface area contributed by atoms with Crippen LogP contribution < -0.4 is 0 Å². The van der Waals surface area contributed by atoms with Gasteiger partial charge in [-0.25, -0.2) is 0 Å². The van der Waals surface area contributed by atoms with Crippen molar-refractivity contribution in [3.63, 3.8) is 0 Å². The number of rotatable bonds is 0. The first-order chi connectivity index (χ1) is 5.74. The van der Waals surface area contributed by atoms with Crippen molar-refractivity contribution in [3.05, 3.63) is 37.5 Å². The normalized spacial score (nSPS) is 5.83. The minimum absolute atomic E-state index is 1.75. The van der Waals surface area contributed by atoms with E-state index >= 15 is 0 Å². The van der Waals surface area contributed by atoms with Gasteiger partial charge in [-0.05, 0) is 27.7 Å². The van der Waals surface area contributed by atoms with E-state index in [2.05, 4.69) is 13.2 Å². The fourth-order valence-electron chi connectivity index (χ4n) is 0. The van der Waals surface area contributed by atoms with E-state index in [4.69, 9.17) is 0 Å². The summed E-state index contributed by atoms with van der Waals surface area (Å²) in [5.41, 5.74) is 0. The van der Waals surface area contributed by atoms with Crippen LogP contribution in [0.3, 0.4) is 0 Å². The summed E-state index contributed by atoms with van der Waals surface area (Å²) in [6, 6.07) is 0. The van der Waals surface area contributed by atoms with Crippen molar-refractivity contribution in [2.24, 2.45) is 0 Å². The van der Waals surface area contributed by atoms with E-state index in [9.17, 15) is 0 Å². The number of hydrogen-bond acceptors (Lipinski definition) is 0. The molecule has 0 amide bonds. The summed E-state index contributed by atoms with van der Waals surface area (Å²) in [7, 11) is 0. The number of allylic oxidation sites excluding steroid dienone is 4. The minimum Gasteiger partial charge on any atom is -0.103 e. The third-order valence-corrected chi connectivity index (χ3v) is 0.333. The Morgan fingerprint density at radius 2 is 0.750 bits per heavy atom. The van der Waals surface area contributed by atoms with Crippen LogP contribution in [-0.2, 0) is 0 Å². The lowest BCUT2D eigenvalue weighted by molar-refractivity contribution is 1.50. The van der Waals surface area contributed by atoms with Gasteiger partial charge in [0, 0.05) is 0 Å². The van der Waals surface area contributed by atoms with Crippen molar-refractivity contribution in [2.75, 3.05) is 0 Å². The van der Waals surface area contributed by atoms with Gasteiger partial charge in [0.15, 0.2) is 0 Å². The second kappa shape index (κ2) is 83.8. The van der Waals surface area contributed by atoms with Crippen LogP contribution in [-0.4, -0.2) is 0 Å². The zero-order valence-corrected chi connectivity index (χ0v) is 9.72. The van der Waals surface area contributed by atoms with E-state index < -0.39 is 0 Å². The summed E-state index contributed by atoms with van der Waals surface area (Å²) in [4.78, 5) is 0. The Morgan fingerprint density at radius 3 is 0.750 bits per heavy atom. The van der Waals surface area contributed by atoms with Crippen LogP contribution in [0.25, 0.3) is 0 Å². The standard InChI is InChI=1S/C4H8.2C3H6.C2H6/c1-3-4-2;2*1-3-2;1-2/h3-4H,1-2H3;2*3H,1H2,2H3;1-2H3/b4-3+;;;. The topological polar surface area (TPSA) is 0 Å². The van der Waals surface area contributed by atoms with Gasteiger partial charge in [-0.1, -0.05) is 38.2 Å².